The molecule has 0 aliphatic heterocycles. The van der Waals surface area contributed by atoms with Crippen LogP contribution < -0.4 is 4.90 Å². The summed E-state index contributed by atoms with van der Waals surface area (Å²) in [6.45, 7) is 0. The fourth-order valence-electron chi connectivity index (χ4n) is 9.12. The van der Waals surface area contributed by atoms with Crippen LogP contribution in [0.2, 0.25) is 0 Å². The highest BCUT2D eigenvalue weighted by atomic mass is 15.1. The van der Waals surface area contributed by atoms with Crippen molar-refractivity contribution in [3.63, 3.8) is 0 Å². The summed E-state index contributed by atoms with van der Waals surface area (Å²) >= 11 is 0. The quantitative estimate of drug-likeness (QED) is 0.141. The van der Waals surface area contributed by atoms with Gasteiger partial charge in [0.25, 0.3) is 0 Å². The summed E-state index contributed by atoms with van der Waals surface area (Å²) in [6, 6.07) is 92.1. The maximum absolute atomic E-state index is 2.45. The Morgan fingerprint density at radius 2 is 0.694 bits per heavy atom. The first-order valence-electron chi connectivity index (χ1n) is 21.3. The van der Waals surface area contributed by atoms with Crippen molar-refractivity contribution in [2.24, 2.45) is 0 Å². The molecule has 292 valence electrons. The van der Waals surface area contributed by atoms with Crippen LogP contribution in [0.15, 0.2) is 255 Å². The molecule has 62 heavy (non-hydrogen) atoms. The first kappa shape index (κ1) is 36.8. The minimum absolute atomic E-state index is 1.07. The van der Waals surface area contributed by atoms with Gasteiger partial charge in [-0.1, -0.05) is 206 Å². The molecule has 2 heteroatoms. The van der Waals surface area contributed by atoms with Crippen molar-refractivity contribution in [2.75, 3.05) is 4.90 Å². The number of hydrogen-bond donors (Lipinski definition) is 0. The highest BCUT2D eigenvalue weighted by Crippen LogP contribution is 2.45. The van der Waals surface area contributed by atoms with Gasteiger partial charge in [0.2, 0.25) is 0 Å². The topological polar surface area (TPSA) is 8.17 Å². The molecule has 10 aromatic carbocycles. The number of fused-ring (bicyclic) bond motifs is 3. The van der Waals surface area contributed by atoms with Crippen LogP contribution in [0.1, 0.15) is 0 Å². The monoisotopic (exact) mass is 790 g/mol. The predicted molar refractivity (Wildman–Crippen MR) is 263 cm³/mol. The molecule has 0 radical (unpaired) electrons. The molecule has 0 spiro atoms. The van der Waals surface area contributed by atoms with Gasteiger partial charge in [0.05, 0.1) is 16.7 Å². The molecule has 2 nitrogen and oxygen atoms in total. The van der Waals surface area contributed by atoms with Crippen molar-refractivity contribution in [1.82, 2.24) is 4.57 Å². The Kier molecular flexibility index (Phi) is 9.57. The average Bonchev–Trinajstić information content (AvgIpc) is 3.69. The van der Waals surface area contributed by atoms with Crippen LogP contribution in [0.3, 0.4) is 0 Å². The number of para-hydroxylation sites is 3. The maximum atomic E-state index is 2.45. The Bertz CT molecular complexity index is 3310. The van der Waals surface area contributed by atoms with Gasteiger partial charge in [0, 0.05) is 33.4 Å². The van der Waals surface area contributed by atoms with E-state index >= 15 is 0 Å². The molecule has 0 saturated heterocycles. The number of nitrogens with zero attached hydrogens (tertiary/aromatic N) is 2. The molecule has 0 aliphatic rings. The van der Waals surface area contributed by atoms with E-state index in [0.717, 1.165) is 28.3 Å². The Labute approximate surface area is 362 Å². The van der Waals surface area contributed by atoms with Crippen LogP contribution in [0.5, 0.6) is 0 Å². The number of rotatable bonds is 9. The Balaban J connectivity index is 1.13. The number of aromatic nitrogens is 1. The van der Waals surface area contributed by atoms with Crippen LogP contribution in [-0.4, -0.2) is 4.57 Å². The molecule has 11 rings (SSSR count). The summed E-state index contributed by atoms with van der Waals surface area (Å²) in [5.74, 6) is 0. The molecule has 1 aromatic heterocycles. The zero-order chi connectivity index (χ0) is 41.2. The average molecular weight is 791 g/mol. The van der Waals surface area contributed by atoms with E-state index in [1.807, 2.05) is 0 Å². The van der Waals surface area contributed by atoms with E-state index < -0.39 is 0 Å². The van der Waals surface area contributed by atoms with E-state index in [1.54, 1.807) is 0 Å². The molecule has 0 aliphatic carbocycles. The van der Waals surface area contributed by atoms with Gasteiger partial charge in [-0.15, -0.1) is 0 Å². The van der Waals surface area contributed by atoms with E-state index in [1.165, 1.54) is 71.9 Å². The molecule has 1 heterocycles. The third-order valence-electron chi connectivity index (χ3n) is 12.0. The largest absolute Gasteiger partial charge is 0.310 e. The molecule has 0 fully saturated rings. The maximum Gasteiger partial charge on any atom is 0.0562 e. The summed E-state index contributed by atoms with van der Waals surface area (Å²) in [4.78, 5) is 2.40. The first-order valence-corrected chi connectivity index (χ1v) is 21.3. The summed E-state index contributed by atoms with van der Waals surface area (Å²) < 4.78 is 2.45. The highest BCUT2D eigenvalue weighted by molar-refractivity contribution is 6.11. The van der Waals surface area contributed by atoms with Gasteiger partial charge in [-0.3, -0.25) is 0 Å². The first-order chi connectivity index (χ1) is 30.8. The van der Waals surface area contributed by atoms with Crippen molar-refractivity contribution in [3.8, 4) is 61.3 Å². The second-order valence-corrected chi connectivity index (χ2v) is 15.7. The van der Waals surface area contributed by atoms with Gasteiger partial charge in [-0.25, -0.2) is 0 Å². The second-order valence-electron chi connectivity index (χ2n) is 15.7. The zero-order valence-electron chi connectivity index (χ0n) is 34.1. The minimum atomic E-state index is 1.07. The SMILES string of the molecule is c1ccc(-c2ccc(-c3ccc(N(c4ccccc4)c4ccc5c6ccccc6n(-c6ccccc6-c6ccccc6)c5c4)cc3-c3ccccc3-c3ccccc3)cc2)cc1. The number of benzene rings is 10. The van der Waals surface area contributed by atoms with E-state index in [2.05, 4.69) is 264 Å². The fraction of sp³-hybridized carbons (Fsp3) is 0. The Morgan fingerprint density at radius 1 is 0.242 bits per heavy atom. The highest BCUT2D eigenvalue weighted by Gasteiger charge is 2.21. The van der Waals surface area contributed by atoms with Gasteiger partial charge in [-0.2, -0.15) is 0 Å². The lowest BCUT2D eigenvalue weighted by atomic mass is 9.88. The van der Waals surface area contributed by atoms with Gasteiger partial charge >= 0.3 is 0 Å². The minimum Gasteiger partial charge on any atom is -0.310 e. The Morgan fingerprint density at radius 3 is 1.40 bits per heavy atom. The smallest absolute Gasteiger partial charge is 0.0562 e. The van der Waals surface area contributed by atoms with Gasteiger partial charge < -0.3 is 9.47 Å². The van der Waals surface area contributed by atoms with E-state index in [-0.39, 0.29) is 0 Å². The van der Waals surface area contributed by atoms with Gasteiger partial charge in [-0.05, 0) is 98.6 Å². The Hall–Kier alpha value is -8.20. The zero-order valence-corrected chi connectivity index (χ0v) is 34.1. The van der Waals surface area contributed by atoms with Crippen molar-refractivity contribution in [3.05, 3.63) is 255 Å². The predicted octanol–water partition coefficient (Wildman–Crippen LogP) is 16.6. The van der Waals surface area contributed by atoms with Crippen LogP contribution in [0.4, 0.5) is 17.1 Å². The summed E-state index contributed by atoms with van der Waals surface area (Å²) in [7, 11) is 0. The molecular weight excluding hydrogens is 749 g/mol. The van der Waals surface area contributed by atoms with E-state index in [4.69, 9.17) is 0 Å². The van der Waals surface area contributed by atoms with Crippen LogP contribution >= 0.6 is 0 Å². The third-order valence-corrected chi connectivity index (χ3v) is 12.0. The van der Waals surface area contributed by atoms with Gasteiger partial charge in [0.1, 0.15) is 0 Å². The van der Waals surface area contributed by atoms with Crippen LogP contribution in [0.25, 0.3) is 83.1 Å². The molecule has 0 N–H and O–H groups in total. The molecular formula is C60H42N2. The lowest BCUT2D eigenvalue weighted by Crippen LogP contribution is -2.10. The van der Waals surface area contributed by atoms with Crippen molar-refractivity contribution in [1.29, 1.82) is 0 Å². The normalized spacial score (nSPS) is 11.2. The van der Waals surface area contributed by atoms with Gasteiger partial charge in [0.15, 0.2) is 0 Å². The van der Waals surface area contributed by atoms with E-state index in [0.29, 0.717) is 0 Å². The number of hydrogen-bond acceptors (Lipinski definition) is 1. The van der Waals surface area contributed by atoms with Crippen LogP contribution in [0, 0.1) is 0 Å². The lowest BCUT2D eigenvalue weighted by Gasteiger charge is -2.27. The molecule has 0 unspecified atom stereocenters. The third kappa shape index (κ3) is 6.74. The van der Waals surface area contributed by atoms with Crippen molar-refractivity contribution in [2.45, 2.75) is 0 Å². The fourth-order valence-corrected chi connectivity index (χ4v) is 9.12. The molecule has 11 aromatic rings. The van der Waals surface area contributed by atoms with Crippen molar-refractivity contribution >= 4 is 38.9 Å². The summed E-state index contributed by atoms with van der Waals surface area (Å²) in [5, 5.41) is 2.44. The molecule has 0 saturated carbocycles. The second kappa shape index (κ2) is 16.1. The molecule has 0 amide bonds. The summed E-state index contributed by atoms with van der Waals surface area (Å²) in [6.07, 6.45) is 0. The lowest BCUT2D eigenvalue weighted by molar-refractivity contribution is 1.18. The van der Waals surface area contributed by atoms with Crippen molar-refractivity contribution < 1.29 is 0 Å². The van der Waals surface area contributed by atoms with Crippen LogP contribution in [-0.2, 0) is 0 Å². The summed E-state index contributed by atoms with van der Waals surface area (Å²) in [5.41, 5.74) is 18.6. The standard InChI is InChI=1S/C60H42N2/c1-5-19-43(20-6-1)44-33-35-47(36-34-44)52-39-37-49(41-57(52)54-29-14-13-27-51(54)45-21-7-2-8-22-45)61(48-25-11-4-12-26-48)50-38-40-56-55-30-16-18-32-59(55)62(60(56)42-50)58-31-17-15-28-53(58)46-23-9-3-10-24-46/h1-42H. The molecule has 0 atom stereocenters. The number of anilines is 3. The molecule has 0 bridgehead atoms. The van der Waals surface area contributed by atoms with E-state index in [9.17, 15) is 0 Å².